The van der Waals surface area contributed by atoms with Gasteiger partial charge in [-0.05, 0) is 13.5 Å². The van der Waals surface area contributed by atoms with Crippen LogP contribution in [0, 0.1) is 0 Å². The lowest BCUT2D eigenvalue weighted by Gasteiger charge is -2.18. The van der Waals surface area contributed by atoms with E-state index < -0.39 is 9.84 Å². The van der Waals surface area contributed by atoms with Crippen molar-refractivity contribution < 1.29 is 27.5 Å². The van der Waals surface area contributed by atoms with Gasteiger partial charge in [0.1, 0.15) is 0 Å². The van der Waals surface area contributed by atoms with Crippen LogP contribution in [-0.4, -0.2) is 76.0 Å². The van der Waals surface area contributed by atoms with Crippen molar-refractivity contribution in [2.45, 2.75) is 18.9 Å². The highest BCUT2D eigenvalue weighted by atomic mass is 35.5. The van der Waals surface area contributed by atoms with Gasteiger partial charge in [-0.25, -0.2) is 8.42 Å². The van der Waals surface area contributed by atoms with Crippen molar-refractivity contribution in [1.29, 1.82) is 0 Å². The Morgan fingerprint density at radius 2 is 1.83 bits per heavy atom. The molecule has 1 aromatic carbocycles. The van der Waals surface area contributed by atoms with Gasteiger partial charge >= 0.3 is 0 Å². The number of fused-ring (bicyclic) bond motifs is 1. The Morgan fingerprint density at radius 3 is 2.48 bits per heavy atom. The van der Waals surface area contributed by atoms with Crippen LogP contribution in [0.1, 0.15) is 12.8 Å². The number of hydrogen-bond donors (Lipinski definition) is 2. The van der Waals surface area contributed by atoms with Gasteiger partial charge in [0.15, 0.2) is 21.3 Å². The Labute approximate surface area is 174 Å². The molecule has 1 atom stereocenters. The van der Waals surface area contributed by atoms with E-state index in [2.05, 4.69) is 10.6 Å². The molecule has 29 heavy (non-hydrogen) atoms. The van der Waals surface area contributed by atoms with Crippen LogP contribution >= 0.6 is 11.6 Å². The molecule has 1 fully saturated rings. The van der Waals surface area contributed by atoms with Crippen LogP contribution in [0.4, 0.5) is 5.69 Å². The number of likely N-dealkylation sites (N-methyl/N-ethyl adjacent to an activating group) is 1. The number of anilines is 1. The summed E-state index contributed by atoms with van der Waals surface area (Å²) >= 11 is 6.22. The number of nitrogens with zero attached hydrogens (tertiary/aromatic N) is 1. The second-order valence-electron chi connectivity index (χ2n) is 7.22. The molecule has 2 amide bonds. The Balaban J connectivity index is 1.50. The van der Waals surface area contributed by atoms with E-state index in [4.69, 9.17) is 21.1 Å². The van der Waals surface area contributed by atoms with Crippen LogP contribution in [0.15, 0.2) is 12.1 Å². The third kappa shape index (κ3) is 6.22. The van der Waals surface area contributed by atoms with Crippen LogP contribution in [0.5, 0.6) is 11.5 Å². The number of halogens is 1. The van der Waals surface area contributed by atoms with Crippen molar-refractivity contribution in [3.05, 3.63) is 17.2 Å². The molecule has 0 spiro atoms. The largest absolute Gasteiger partial charge is 0.490 e. The summed E-state index contributed by atoms with van der Waals surface area (Å²) in [6.45, 7) is 0.983. The van der Waals surface area contributed by atoms with Gasteiger partial charge in [-0.1, -0.05) is 11.6 Å². The molecule has 2 heterocycles. The highest BCUT2D eigenvalue weighted by Gasteiger charge is 2.29. The number of ether oxygens (including phenoxy) is 2. The van der Waals surface area contributed by atoms with Gasteiger partial charge in [0.2, 0.25) is 11.8 Å². The maximum absolute atomic E-state index is 12.3. The van der Waals surface area contributed by atoms with Crippen molar-refractivity contribution >= 4 is 38.9 Å². The highest BCUT2D eigenvalue weighted by molar-refractivity contribution is 7.91. The normalized spacial score (nSPS) is 20.2. The predicted molar refractivity (Wildman–Crippen MR) is 108 cm³/mol. The summed E-state index contributed by atoms with van der Waals surface area (Å²) in [4.78, 5) is 25.9. The molecule has 160 valence electrons. The molecule has 0 radical (unpaired) electrons. The number of carbonyl (C=O) groups is 2. The first kappa shape index (κ1) is 21.7. The molecule has 9 nitrogen and oxygen atoms in total. The average molecular weight is 446 g/mol. The molecule has 2 N–H and O–H groups in total. The van der Waals surface area contributed by atoms with Crippen LogP contribution < -0.4 is 20.1 Å². The van der Waals surface area contributed by atoms with Gasteiger partial charge in [-0.3, -0.25) is 14.5 Å². The Morgan fingerprint density at radius 1 is 1.17 bits per heavy atom. The molecular weight excluding hydrogens is 422 g/mol. The summed E-state index contributed by atoms with van der Waals surface area (Å²) in [6, 6.07) is 2.86. The number of sulfone groups is 1. The molecule has 2 aliphatic heterocycles. The fraction of sp³-hybridized carbons (Fsp3) is 0.556. The summed E-state index contributed by atoms with van der Waals surface area (Å²) < 4.78 is 34.1. The van der Waals surface area contributed by atoms with E-state index in [9.17, 15) is 18.0 Å². The van der Waals surface area contributed by atoms with Crippen LogP contribution in [0.25, 0.3) is 0 Å². The van der Waals surface area contributed by atoms with Crippen molar-refractivity contribution in [3.8, 4) is 11.5 Å². The fourth-order valence-corrected chi connectivity index (χ4v) is 5.07. The van der Waals surface area contributed by atoms with E-state index in [-0.39, 0.29) is 42.5 Å². The lowest BCUT2D eigenvalue weighted by molar-refractivity contribution is -0.123. The Kier molecular flexibility index (Phi) is 6.86. The zero-order valence-electron chi connectivity index (χ0n) is 16.1. The minimum atomic E-state index is -3.06. The van der Waals surface area contributed by atoms with E-state index >= 15 is 0 Å². The molecule has 11 heteroatoms. The number of nitrogens with one attached hydrogen (secondary N) is 2. The van der Waals surface area contributed by atoms with Crippen LogP contribution in [0.2, 0.25) is 5.02 Å². The molecular formula is C18H24ClN3O6S. The molecule has 0 bridgehead atoms. The monoisotopic (exact) mass is 445 g/mol. The zero-order valence-corrected chi connectivity index (χ0v) is 17.6. The molecule has 1 aromatic rings. The number of amides is 2. The second kappa shape index (κ2) is 9.19. The summed E-state index contributed by atoms with van der Waals surface area (Å²) in [5, 5.41) is 5.73. The van der Waals surface area contributed by atoms with Crippen molar-refractivity contribution in [2.75, 3.05) is 50.2 Å². The van der Waals surface area contributed by atoms with E-state index in [1.807, 2.05) is 0 Å². The van der Waals surface area contributed by atoms with E-state index in [1.54, 1.807) is 19.2 Å². The maximum atomic E-state index is 12.3. The molecule has 1 unspecified atom stereocenters. The highest BCUT2D eigenvalue weighted by Crippen LogP contribution is 2.37. The molecule has 3 rings (SSSR count). The first-order chi connectivity index (χ1) is 13.7. The van der Waals surface area contributed by atoms with E-state index in [0.717, 1.165) is 6.42 Å². The third-order valence-electron chi connectivity index (χ3n) is 4.54. The van der Waals surface area contributed by atoms with Gasteiger partial charge in [0.05, 0.1) is 48.5 Å². The summed E-state index contributed by atoms with van der Waals surface area (Å²) in [5.41, 5.74) is 0.398. The fourth-order valence-electron chi connectivity index (χ4n) is 3.20. The number of benzene rings is 1. The second-order valence-corrected chi connectivity index (χ2v) is 9.85. The van der Waals surface area contributed by atoms with Crippen LogP contribution in [0.3, 0.4) is 0 Å². The van der Waals surface area contributed by atoms with Gasteiger partial charge < -0.3 is 20.1 Å². The van der Waals surface area contributed by atoms with Crippen LogP contribution in [-0.2, 0) is 19.4 Å². The molecule has 2 aliphatic rings. The lowest BCUT2D eigenvalue weighted by atomic mass is 10.2. The zero-order chi connectivity index (χ0) is 21.0. The summed E-state index contributed by atoms with van der Waals surface area (Å²) in [7, 11) is -1.44. The van der Waals surface area contributed by atoms with E-state index in [1.165, 1.54) is 4.90 Å². The molecule has 0 aromatic heterocycles. The van der Waals surface area contributed by atoms with Gasteiger partial charge in [0, 0.05) is 24.6 Å². The van der Waals surface area contributed by atoms with Crippen molar-refractivity contribution in [2.24, 2.45) is 0 Å². The third-order valence-corrected chi connectivity index (χ3v) is 6.62. The maximum Gasteiger partial charge on any atom is 0.238 e. The summed E-state index contributed by atoms with van der Waals surface area (Å²) in [6.07, 6.45) is 1.18. The first-order valence-corrected chi connectivity index (χ1v) is 11.5. The lowest BCUT2D eigenvalue weighted by Crippen LogP contribution is -2.43. The smallest absolute Gasteiger partial charge is 0.238 e. The molecule has 0 saturated carbocycles. The Hall–Kier alpha value is -2.04. The topological polar surface area (TPSA) is 114 Å². The average Bonchev–Trinajstić information content (AvgIpc) is 2.81. The summed E-state index contributed by atoms with van der Waals surface area (Å²) in [5.74, 6) is 0.434. The number of rotatable bonds is 6. The van der Waals surface area contributed by atoms with E-state index in [0.29, 0.717) is 41.8 Å². The molecule has 1 saturated heterocycles. The van der Waals surface area contributed by atoms with Gasteiger partial charge in [-0.2, -0.15) is 0 Å². The first-order valence-electron chi connectivity index (χ1n) is 9.29. The Bertz CT molecular complexity index is 892. The standard InChI is InChI=1S/C18H24ClN3O6S/c1-22(9-17(23)20-12-3-6-29(25,26)11-12)10-18(24)21-14-8-16-15(7-13(14)19)27-4-2-5-28-16/h7-8,12H,2-6,9-11H2,1H3,(H,20,23)(H,21,24). The van der Waals surface area contributed by atoms with Gasteiger partial charge in [-0.15, -0.1) is 0 Å². The quantitative estimate of drug-likeness (QED) is 0.661. The number of carbonyl (C=O) groups excluding carboxylic acids is 2. The molecule has 0 aliphatic carbocycles. The van der Waals surface area contributed by atoms with Gasteiger partial charge in [0.25, 0.3) is 0 Å². The van der Waals surface area contributed by atoms with Crippen molar-refractivity contribution in [3.63, 3.8) is 0 Å². The predicted octanol–water partition coefficient (Wildman–Crippen LogP) is 0.675. The van der Waals surface area contributed by atoms with Crippen molar-refractivity contribution in [1.82, 2.24) is 10.2 Å². The minimum Gasteiger partial charge on any atom is -0.490 e. The SMILES string of the molecule is CN(CC(=O)Nc1cc2c(cc1Cl)OCCCO2)CC(=O)NC1CCS(=O)(=O)C1. The number of hydrogen-bond acceptors (Lipinski definition) is 7. The minimum absolute atomic E-state index is 0.0289.